The van der Waals surface area contributed by atoms with Crippen LogP contribution in [0.1, 0.15) is 22.3 Å². The van der Waals surface area contributed by atoms with Gasteiger partial charge in [0.05, 0.1) is 12.2 Å². The number of hydrogen-bond acceptors (Lipinski definition) is 2. The van der Waals surface area contributed by atoms with E-state index in [1.165, 1.54) is 6.08 Å². The van der Waals surface area contributed by atoms with Gasteiger partial charge in [-0.25, -0.2) is 4.39 Å². The van der Waals surface area contributed by atoms with Crippen LogP contribution in [0, 0.1) is 5.82 Å². The number of ketones is 1. The Morgan fingerprint density at radius 3 is 2.56 bits per heavy atom. The van der Waals surface area contributed by atoms with Crippen LogP contribution in [0.3, 0.4) is 0 Å². The Morgan fingerprint density at radius 2 is 2.00 bits per heavy atom. The maximum atomic E-state index is 13.0. The molecule has 0 aromatic heterocycles. The van der Waals surface area contributed by atoms with Crippen LogP contribution in [0.15, 0.2) is 30.0 Å². The minimum absolute atomic E-state index is 0.161. The summed E-state index contributed by atoms with van der Waals surface area (Å²) in [5.74, 6) is -2.00. The Balaban J connectivity index is 2.48. The molecule has 0 atom stereocenters. The minimum Gasteiger partial charge on any atom is -0.489 e. The van der Waals surface area contributed by atoms with Gasteiger partial charge in [-0.3, -0.25) is 4.79 Å². The molecular formula is C12H8F4O2. The van der Waals surface area contributed by atoms with Crippen molar-refractivity contribution in [1.29, 1.82) is 0 Å². The highest BCUT2D eigenvalue weighted by molar-refractivity contribution is 6.08. The zero-order valence-corrected chi connectivity index (χ0v) is 9.05. The molecule has 0 spiro atoms. The molecule has 0 radical (unpaired) electrons. The van der Waals surface area contributed by atoms with E-state index in [0.717, 1.165) is 0 Å². The third-order valence-electron chi connectivity index (χ3n) is 2.46. The van der Waals surface area contributed by atoms with Crippen LogP contribution >= 0.6 is 0 Å². The third kappa shape index (κ3) is 2.37. The zero-order valence-electron chi connectivity index (χ0n) is 9.05. The number of carbonyl (C=O) groups is 1. The SMILES string of the molecule is O=C(C1=CCCO1)c1cc(F)ccc1C(F)(F)F. The van der Waals surface area contributed by atoms with Crippen molar-refractivity contribution in [2.24, 2.45) is 0 Å². The molecule has 0 saturated heterocycles. The number of halogens is 4. The second-order valence-electron chi connectivity index (χ2n) is 3.72. The van der Waals surface area contributed by atoms with E-state index in [2.05, 4.69) is 0 Å². The van der Waals surface area contributed by atoms with Crippen LogP contribution in [0.25, 0.3) is 0 Å². The molecule has 0 N–H and O–H groups in total. The number of rotatable bonds is 2. The summed E-state index contributed by atoms with van der Waals surface area (Å²) < 4.78 is 56.0. The lowest BCUT2D eigenvalue weighted by atomic mass is 10.0. The summed E-state index contributed by atoms with van der Waals surface area (Å²) in [6.45, 7) is 0.248. The van der Waals surface area contributed by atoms with Crippen molar-refractivity contribution in [1.82, 2.24) is 0 Å². The first-order chi connectivity index (χ1) is 8.39. The fraction of sp³-hybridized carbons (Fsp3) is 0.250. The van der Waals surface area contributed by atoms with Crippen molar-refractivity contribution in [2.45, 2.75) is 12.6 Å². The molecule has 2 nitrogen and oxygen atoms in total. The number of Topliss-reactive ketones (excluding diaryl/α,β-unsaturated/α-hetero) is 1. The van der Waals surface area contributed by atoms with Gasteiger partial charge in [-0.05, 0) is 24.3 Å². The summed E-state index contributed by atoms with van der Waals surface area (Å²) in [5.41, 5.74) is -1.89. The molecule has 0 fully saturated rings. The normalized spacial score (nSPS) is 15.2. The number of alkyl halides is 3. The van der Waals surface area contributed by atoms with Crippen molar-refractivity contribution in [3.63, 3.8) is 0 Å². The highest BCUT2D eigenvalue weighted by Gasteiger charge is 2.36. The van der Waals surface area contributed by atoms with Gasteiger partial charge in [-0.2, -0.15) is 13.2 Å². The Morgan fingerprint density at radius 1 is 1.28 bits per heavy atom. The smallest absolute Gasteiger partial charge is 0.417 e. The van der Waals surface area contributed by atoms with Gasteiger partial charge in [-0.15, -0.1) is 0 Å². The van der Waals surface area contributed by atoms with E-state index < -0.39 is 28.9 Å². The van der Waals surface area contributed by atoms with Crippen LogP contribution in [0.5, 0.6) is 0 Å². The van der Waals surface area contributed by atoms with Gasteiger partial charge >= 0.3 is 6.18 Å². The monoisotopic (exact) mass is 260 g/mol. The van der Waals surface area contributed by atoms with Crippen molar-refractivity contribution in [3.8, 4) is 0 Å². The van der Waals surface area contributed by atoms with Crippen molar-refractivity contribution < 1.29 is 27.1 Å². The first-order valence-electron chi connectivity index (χ1n) is 5.14. The van der Waals surface area contributed by atoms with Crippen molar-refractivity contribution >= 4 is 5.78 Å². The van der Waals surface area contributed by atoms with E-state index in [0.29, 0.717) is 24.6 Å². The minimum atomic E-state index is -4.71. The molecule has 6 heteroatoms. The topological polar surface area (TPSA) is 26.3 Å². The van der Waals surface area contributed by atoms with Crippen molar-refractivity contribution in [2.75, 3.05) is 6.61 Å². The number of ether oxygens (including phenoxy) is 1. The fourth-order valence-corrected chi connectivity index (χ4v) is 1.66. The molecule has 1 heterocycles. The van der Waals surface area contributed by atoms with Gasteiger partial charge in [0.1, 0.15) is 5.82 Å². The van der Waals surface area contributed by atoms with Crippen LogP contribution in [-0.4, -0.2) is 12.4 Å². The molecule has 0 bridgehead atoms. The average Bonchev–Trinajstić information content (AvgIpc) is 2.79. The lowest BCUT2D eigenvalue weighted by molar-refractivity contribution is -0.137. The van der Waals surface area contributed by atoms with Gasteiger partial charge in [0.2, 0.25) is 5.78 Å². The van der Waals surface area contributed by atoms with Crippen LogP contribution in [0.2, 0.25) is 0 Å². The predicted octanol–water partition coefficient (Wildman–Crippen LogP) is 3.33. The van der Waals surface area contributed by atoms with Crippen LogP contribution in [-0.2, 0) is 10.9 Å². The van der Waals surface area contributed by atoms with Crippen LogP contribution < -0.4 is 0 Å². The molecule has 0 amide bonds. The summed E-state index contributed by atoms with van der Waals surface area (Å²) >= 11 is 0. The standard InChI is InChI=1S/C12H8F4O2/c13-7-3-4-9(12(14,15)16)8(6-7)11(17)10-2-1-5-18-10/h2-4,6H,1,5H2. The molecule has 1 aromatic rings. The quantitative estimate of drug-likeness (QED) is 0.602. The Bertz CT molecular complexity index is 517. The van der Waals surface area contributed by atoms with E-state index in [1.807, 2.05) is 0 Å². The van der Waals surface area contributed by atoms with E-state index in [9.17, 15) is 22.4 Å². The van der Waals surface area contributed by atoms with Gasteiger partial charge < -0.3 is 4.74 Å². The predicted molar refractivity (Wildman–Crippen MR) is 54.4 cm³/mol. The molecule has 0 unspecified atom stereocenters. The largest absolute Gasteiger partial charge is 0.489 e. The molecule has 2 rings (SSSR count). The molecular weight excluding hydrogens is 252 g/mol. The highest BCUT2D eigenvalue weighted by Crippen LogP contribution is 2.33. The van der Waals surface area contributed by atoms with E-state index in [-0.39, 0.29) is 12.4 Å². The van der Waals surface area contributed by atoms with Crippen molar-refractivity contribution in [3.05, 3.63) is 47.0 Å². The summed E-state index contributed by atoms with van der Waals surface area (Å²) in [5, 5.41) is 0. The Hall–Kier alpha value is -1.85. The summed E-state index contributed by atoms with van der Waals surface area (Å²) in [7, 11) is 0. The van der Waals surface area contributed by atoms with Crippen LogP contribution in [0.4, 0.5) is 17.6 Å². The average molecular weight is 260 g/mol. The number of hydrogen-bond donors (Lipinski definition) is 0. The summed E-state index contributed by atoms with van der Waals surface area (Å²) in [4.78, 5) is 11.8. The first-order valence-corrected chi connectivity index (χ1v) is 5.14. The number of carbonyl (C=O) groups excluding carboxylic acids is 1. The number of benzene rings is 1. The lowest BCUT2D eigenvalue weighted by Crippen LogP contribution is -2.15. The fourth-order valence-electron chi connectivity index (χ4n) is 1.66. The Kier molecular flexibility index (Phi) is 3.11. The molecule has 18 heavy (non-hydrogen) atoms. The maximum absolute atomic E-state index is 13.0. The zero-order chi connectivity index (χ0) is 13.3. The van der Waals surface area contributed by atoms with E-state index in [4.69, 9.17) is 4.74 Å². The Labute approximate surface area is 99.9 Å². The van der Waals surface area contributed by atoms with E-state index in [1.54, 1.807) is 0 Å². The number of allylic oxidation sites excluding steroid dienone is 1. The maximum Gasteiger partial charge on any atom is 0.417 e. The molecule has 1 aromatic carbocycles. The van der Waals surface area contributed by atoms with Gasteiger partial charge in [0, 0.05) is 12.0 Å². The lowest BCUT2D eigenvalue weighted by Gasteiger charge is -2.12. The molecule has 0 aliphatic carbocycles. The van der Waals surface area contributed by atoms with Gasteiger partial charge in [0.25, 0.3) is 0 Å². The highest BCUT2D eigenvalue weighted by atomic mass is 19.4. The summed E-state index contributed by atoms with van der Waals surface area (Å²) in [6.07, 6.45) is -2.86. The van der Waals surface area contributed by atoms with E-state index >= 15 is 0 Å². The molecule has 96 valence electrons. The molecule has 1 aliphatic heterocycles. The summed E-state index contributed by atoms with van der Waals surface area (Å²) in [6, 6.07) is 1.80. The van der Waals surface area contributed by atoms with Gasteiger partial charge in [-0.1, -0.05) is 0 Å². The second kappa shape index (κ2) is 4.44. The first kappa shape index (κ1) is 12.6. The molecule has 0 saturated carbocycles. The molecule has 1 aliphatic rings. The third-order valence-corrected chi connectivity index (χ3v) is 2.46. The van der Waals surface area contributed by atoms with Gasteiger partial charge in [0.15, 0.2) is 5.76 Å². The second-order valence-corrected chi connectivity index (χ2v) is 3.72.